The minimum Gasteiger partial charge on any atom is -0.342 e. The SMILES string of the molecule is CCC(C)CN(CC)C(=O)C1CC(N)C(C)CC1C. The third-order valence-electron chi connectivity index (χ3n) is 4.93. The van der Waals surface area contributed by atoms with Crippen molar-refractivity contribution in [1.29, 1.82) is 0 Å². The number of hydrogen-bond donors (Lipinski definition) is 1. The van der Waals surface area contributed by atoms with Crippen molar-refractivity contribution in [2.24, 2.45) is 29.4 Å². The Balaban J connectivity index is 2.68. The van der Waals surface area contributed by atoms with Gasteiger partial charge in [-0.05, 0) is 37.5 Å². The van der Waals surface area contributed by atoms with E-state index < -0.39 is 0 Å². The molecule has 0 saturated heterocycles. The predicted octanol–water partition coefficient (Wildman–Crippen LogP) is 2.89. The van der Waals surface area contributed by atoms with Gasteiger partial charge in [-0.2, -0.15) is 0 Å². The Hall–Kier alpha value is -0.570. The fourth-order valence-corrected chi connectivity index (χ4v) is 3.14. The van der Waals surface area contributed by atoms with Gasteiger partial charge in [-0.3, -0.25) is 4.79 Å². The van der Waals surface area contributed by atoms with Gasteiger partial charge < -0.3 is 10.6 Å². The van der Waals surface area contributed by atoms with Crippen LogP contribution < -0.4 is 5.73 Å². The summed E-state index contributed by atoms with van der Waals surface area (Å²) in [4.78, 5) is 14.8. The Morgan fingerprint density at radius 2 is 1.89 bits per heavy atom. The molecule has 0 heterocycles. The van der Waals surface area contributed by atoms with Crippen molar-refractivity contribution in [2.45, 2.75) is 59.9 Å². The number of carbonyl (C=O) groups is 1. The Morgan fingerprint density at radius 3 is 2.42 bits per heavy atom. The van der Waals surface area contributed by atoms with E-state index in [2.05, 4.69) is 34.6 Å². The number of nitrogens with zero attached hydrogens (tertiary/aromatic N) is 1. The van der Waals surface area contributed by atoms with Crippen LogP contribution in [-0.4, -0.2) is 29.9 Å². The largest absolute Gasteiger partial charge is 0.342 e. The molecule has 0 radical (unpaired) electrons. The summed E-state index contributed by atoms with van der Waals surface area (Å²) in [6.07, 6.45) is 3.07. The Bertz CT molecular complexity index is 292. The van der Waals surface area contributed by atoms with E-state index in [1.54, 1.807) is 0 Å². The molecule has 3 nitrogen and oxygen atoms in total. The van der Waals surface area contributed by atoms with Crippen LogP contribution in [-0.2, 0) is 4.79 Å². The first kappa shape index (κ1) is 16.5. The summed E-state index contributed by atoms with van der Waals surface area (Å²) < 4.78 is 0. The average molecular weight is 268 g/mol. The van der Waals surface area contributed by atoms with Gasteiger partial charge in [0.1, 0.15) is 0 Å². The topological polar surface area (TPSA) is 46.3 Å². The van der Waals surface area contributed by atoms with E-state index in [4.69, 9.17) is 5.73 Å². The van der Waals surface area contributed by atoms with Crippen molar-refractivity contribution in [3.05, 3.63) is 0 Å². The summed E-state index contributed by atoms with van der Waals surface area (Å²) in [7, 11) is 0. The van der Waals surface area contributed by atoms with Crippen LogP contribution in [0.15, 0.2) is 0 Å². The summed E-state index contributed by atoms with van der Waals surface area (Å²) in [6.45, 7) is 12.6. The molecule has 0 aliphatic heterocycles. The second kappa shape index (κ2) is 7.28. The third-order valence-corrected chi connectivity index (χ3v) is 4.93. The van der Waals surface area contributed by atoms with Crippen LogP contribution in [0.1, 0.15) is 53.9 Å². The maximum atomic E-state index is 12.7. The molecule has 2 N–H and O–H groups in total. The van der Waals surface area contributed by atoms with E-state index in [0.29, 0.717) is 23.7 Å². The quantitative estimate of drug-likeness (QED) is 0.833. The number of nitrogens with two attached hydrogens (primary N) is 1. The van der Waals surface area contributed by atoms with E-state index in [-0.39, 0.29) is 12.0 Å². The molecular formula is C16H32N2O. The molecule has 5 unspecified atom stereocenters. The van der Waals surface area contributed by atoms with Crippen molar-refractivity contribution in [1.82, 2.24) is 4.90 Å². The molecule has 1 rings (SSSR count). The number of rotatable bonds is 5. The molecule has 112 valence electrons. The predicted molar refractivity (Wildman–Crippen MR) is 80.7 cm³/mol. The molecule has 0 aromatic rings. The Kier molecular flexibility index (Phi) is 6.31. The first-order chi connectivity index (χ1) is 8.90. The highest BCUT2D eigenvalue weighted by atomic mass is 16.2. The molecule has 0 spiro atoms. The molecule has 1 aliphatic rings. The third kappa shape index (κ3) is 4.20. The lowest BCUT2D eigenvalue weighted by Gasteiger charge is -2.39. The normalized spacial score (nSPS) is 32.9. The van der Waals surface area contributed by atoms with E-state index in [9.17, 15) is 4.79 Å². The minimum atomic E-state index is 0.134. The number of carbonyl (C=O) groups excluding carboxylic acids is 1. The van der Waals surface area contributed by atoms with Crippen LogP contribution in [0.2, 0.25) is 0 Å². The summed E-state index contributed by atoms with van der Waals surface area (Å²) >= 11 is 0. The monoisotopic (exact) mass is 268 g/mol. The lowest BCUT2D eigenvalue weighted by molar-refractivity contribution is -0.139. The molecule has 0 aromatic carbocycles. The second-order valence-corrected chi connectivity index (χ2v) is 6.59. The van der Waals surface area contributed by atoms with E-state index in [0.717, 1.165) is 32.4 Å². The molecule has 5 atom stereocenters. The highest BCUT2D eigenvalue weighted by molar-refractivity contribution is 5.79. The zero-order chi connectivity index (χ0) is 14.6. The van der Waals surface area contributed by atoms with E-state index in [1.165, 1.54) is 0 Å². The van der Waals surface area contributed by atoms with Gasteiger partial charge in [-0.15, -0.1) is 0 Å². The Morgan fingerprint density at radius 1 is 1.26 bits per heavy atom. The van der Waals surface area contributed by atoms with Gasteiger partial charge >= 0.3 is 0 Å². The highest BCUT2D eigenvalue weighted by Gasteiger charge is 2.36. The molecule has 1 saturated carbocycles. The van der Waals surface area contributed by atoms with Gasteiger partial charge in [0.15, 0.2) is 0 Å². The highest BCUT2D eigenvalue weighted by Crippen LogP contribution is 2.34. The second-order valence-electron chi connectivity index (χ2n) is 6.59. The van der Waals surface area contributed by atoms with Gasteiger partial charge in [0, 0.05) is 25.0 Å². The maximum absolute atomic E-state index is 12.7. The summed E-state index contributed by atoms with van der Waals surface area (Å²) in [5, 5.41) is 0. The van der Waals surface area contributed by atoms with Crippen LogP contribution in [0, 0.1) is 23.7 Å². The van der Waals surface area contributed by atoms with Crippen LogP contribution in [0.25, 0.3) is 0 Å². The van der Waals surface area contributed by atoms with Gasteiger partial charge in [-0.1, -0.05) is 34.1 Å². The van der Waals surface area contributed by atoms with Gasteiger partial charge in [-0.25, -0.2) is 0 Å². The lowest BCUT2D eigenvalue weighted by atomic mass is 9.72. The van der Waals surface area contributed by atoms with E-state index >= 15 is 0 Å². The van der Waals surface area contributed by atoms with Gasteiger partial charge in [0.2, 0.25) is 5.91 Å². The molecule has 1 aliphatic carbocycles. The first-order valence-electron chi connectivity index (χ1n) is 7.94. The Labute approximate surface area is 118 Å². The fraction of sp³-hybridized carbons (Fsp3) is 0.938. The van der Waals surface area contributed by atoms with Crippen molar-refractivity contribution in [2.75, 3.05) is 13.1 Å². The standard InChI is InChI=1S/C16H32N2O/c1-6-11(3)10-18(7-2)16(19)14-9-15(17)13(5)8-12(14)4/h11-15H,6-10,17H2,1-5H3. The number of amides is 1. The molecule has 3 heteroatoms. The van der Waals surface area contributed by atoms with Gasteiger partial charge in [0.05, 0.1) is 0 Å². The van der Waals surface area contributed by atoms with Crippen LogP contribution in [0.3, 0.4) is 0 Å². The molecule has 1 fully saturated rings. The molecule has 1 amide bonds. The molecule has 19 heavy (non-hydrogen) atoms. The van der Waals surface area contributed by atoms with Crippen LogP contribution >= 0.6 is 0 Å². The summed E-state index contributed by atoms with van der Waals surface area (Å²) in [6, 6.07) is 0.187. The zero-order valence-electron chi connectivity index (χ0n) is 13.4. The lowest BCUT2D eigenvalue weighted by Crippen LogP contribution is -2.47. The van der Waals surface area contributed by atoms with Crippen molar-refractivity contribution < 1.29 is 4.79 Å². The average Bonchev–Trinajstić information content (AvgIpc) is 2.39. The van der Waals surface area contributed by atoms with Gasteiger partial charge in [0.25, 0.3) is 0 Å². The molecule has 0 bridgehead atoms. The molecule has 0 aromatic heterocycles. The summed E-state index contributed by atoms with van der Waals surface area (Å²) in [5.74, 6) is 2.06. The van der Waals surface area contributed by atoms with Crippen LogP contribution in [0.5, 0.6) is 0 Å². The zero-order valence-corrected chi connectivity index (χ0v) is 13.4. The number of hydrogen-bond acceptors (Lipinski definition) is 2. The maximum Gasteiger partial charge on any atom is 0.226 e. The summed E-state index contributed by atoms with van der Waals surface area (Å²) in [5.41, 5.74) is 6.17. The minimum absolute atomic E-state index is 0.134. The molecular weight excluding hydrogens is 236 g/mol. The van der Waals surface area contributed by atoms with Crippen molar-refractivity contribution in [3.63, 3.8) is 0 Å². The smallest absolute Gasteiger partial charge is 0.226 e. The first-order valence-corrected chi connectivity index (χ1v) is 7.94. The van der Waals surface area contributed by atoms with Crippen molar-refractivity contribution >= 4 is 5.91 Å². The van der Waals surface area contributed by atoms with Crippen molar-refractivity contribution in [3.8, 4) is 0 Å². The fourth-order valence-electron chi connectivity index (χ4n) is 3.14. The van der Waals surface area contributed by atoms with Crippen LogP contribution in [0.4, 0.5) is 0 Å². The van der Waals surface area contributed by atoms with E-state index in [1.807, 2.05) is 4.90 Å².